The lowest BCUT2D eigenvalue weighted by atomic mass is 10.1. The largest absolute Gasteiger partial charge is 0.423 e. The molecule has 0 fully saturated rings. The summed E-state index contributed by atoms with van der Waals surface area (Å²) in [5.74, 6) is -0.0535. The van der Waals surface area contributed by atoms with Crippen LogP contribution in [0, 0.1) is 20.8 Å². The second-order valence-corrected chi connectivity index (χ2v) is 6.40. The van der Waals surface area contributed by atoms with Gasteiger partial charge >= 0.3 is 11.9 Å². The lowest BCUT2D eigenvalue weighted by Crippen LogP contribution is -2.13. The lowest BCUT2D eigenvalue weighted by molar-refractivity contribution is 0.0732. The number of aryl methyl sites for hydroxylation is 3. The van der Waals surface area contributed by atoms with E-state index in [0.29, 0.717) is 11.5 Å². The van der Waals surface area contributed by atoms with Crippen LogP contribution in [-0.4, -0.2) is 11.9 Å². The molecule has 0 aromatic heterocycles. The van der Waals surface area contributed by atoms with Gasteiger partial charge in [0.15, 0.2) is 0 Å². The Hall–Kier alpha value is -3.40. The van der Waals surface area contributed by atoms with Crippen molar-refractivity contribution in [2.24, 2.45) is 0 Å². The van der Waals surface area contributed by atoms with Crippen molar-refractivity contribution in [2.75, 3.05) is 0 Å². The highest BCUT2D eigenvalue weighted by Gasteiger charge is 2.16. The number of hydrogen-bond acceptors (Lipinski definition) is 4. The van der Waals surface area contributed by atoms with E-state index < -0.39 is 11.9 Å². The van der Waals surface area contributed by atoms with Crippen LogP contribution in [0.5, 0.6) is 11.5 Å². The normalized spacial score (nSPS) is 10.3. The Morgan fingerprint density at radius 1 is 0.667 bits per heavy atom. The van der Waals surface area contributed by atoms with E-state index in [4.69, 9.17) is 9.47 Å². The molecule has 4 heteroatoms. The zero-order valence-electron chi connectivity index (χ0n) is 15.5. The number of rotatable bonds is 4. The molecule has 0 bridgehead atoms. The Kier molecular flexibility index (Phi) is 5.36. The highest BCUT2D eigenvalue weighted by molar-refractivity contribution is 5.96. The van der Waals surface area contributed by atoms with Crippen LogP contribution < -0.4 is 9.47 Å². The standard InChI is InChI=1S/C23H20O4/c1-15-12-16(2)21(17(3)13-15)27-23(25)19-9-7-8-18(14-19)22(24)26-20-10-5-4-6-11-20/h4-14H,1-3H3. The van der Waals surface area contributed by atoms with Gasteiger partial charge in [0.1, 0.15) is 11.5 Å². The maximum atomic E-state index is 12.6. The monoisotopic (exact) mass is 360 g/mol. The summed E-state index contributed by atoms with van der Waals surface area (Å²) in [7, 11) is 0. The third-order valence-electron chi connectivity index (χ3n) is 4.09. The zero-order valence-corrected chi connectivity index (χ0v) is 15.5. The second-order valence-electron chi connectivity index (χ2n) is 6.40. The molecule has 0 amide bonds. The van der Waals surface area contributed by atoms with E-state index in [1.54, 1.807) is 42.5 Å². The molecular formula is C23H20O4. The molecule has 0 aliphatic carbocycles. The first-order chi connectivity index (χ1) is 12.9. The predicted molar refractivity (Wildman–Crippen MR) is 103 cm³/mol. The summed E-state index contributed by atoms with van der Waals surface area (Å²) in [5, 5.41) is 0. The average molecular weight is 360 g/mol. The third kappa shape index (κ3) is 4.42. The fourth-order valence-corrected chi connectivity index (χ4v) is 2.91. The molecule has 0 unspecified atom stereocenters. The zero-order chi connectivity index (χ0) is 19.4. The molecule has 27 heavy (non-hydrogen) atoms. The fraction of sp³-hybridized carbons (Fsp3) is 0.130. The van der Waals surface area contributed by atoms with E-state index in [1.807, 2.05) is 39.0 Å². The summed E-state index contributed by atoms with van der Waals surface area (Å²) < 4.78 is 10.9. The van der Waals surface area contributed by atoms with Gasteiger partial charge in [-0.3, -0.25) is 0 Å². The summed E-state index contributed by atoms with van der Waals surface area (Å²) in [6.45, 7) is 5.79. The van der Waals surface area contributed by atoms with Crippen molar-refractivity contribution < 1.29 is 19.1 Å². The number of carbonyl (C=O) groups excluding carboxylic acids is 2. The van der Waals surface area contributed by atoms with Gasteiger partial charge in [-0.15, -0.1) is 0 Å². The van der Waals surface area contributed by atoms with Crippen LogP contribution in [0.2, 0.25) is 0 Å². The molecule has 0 N–H and O–H groups in total. The SMILES string of the molecule is Cc1cc(C)c(OC(=O)c2cccc(C(=O)Oc3ccccc3)c2)c(C)c1. The van der Waals surface area contributed by atoms with Crippen LogP contribution in [0.15, 0.2) is 66.7 Å². The Balaban J connectivity index is 1.79. The van der Waals surface area contributed by atoms with Gasteiger partial charge < -0.3 is 9.47 Å². The fourth-order valence-electron chi connectivity index (χ4n) is 2.91. The summed E-state index contributed by atoms with van der Waals surface area (Å²) in [4.78, 5) is 24.9. The molecule has 3 aromatic carbocycles. The summed E-state index contributed by atoms with van der Waals surface area (Å²) in [5.41, 5.74) is 3.46. The minimum atomic E-state index is -0.529. The maximum absolute atomic E-state index is 12.6. The quantitative estimate of drug-likeness (QED) is 0.482. The molecule has 0 saturated carbocycles. The van der Waals surface area contributed by atoms with Gasteiger partial charge in [0.25, 0.3) is 0 Å². The first kappa shape index (κ1) is 18.4. The Morgan fingerprint density at radius 2 is 1.22 bits per heavy atom. The van der Waals surface area contributed by atoms with E-state index in [-0.39, 0.29) is 11.1 Å². The number of hydrogen-bond donors (Lipinski definition) is 0. The van der Waals surface area contributed by atoms with Gasteiger partial charge in [-0.25, -0.2) is 9.59 Å². The highest BCUT2D eigenvalue weighted by atomic mass is 16.5. The first-order valence-corrected chi connectivity index (χ1v) is 8.61. The molecule has 0 radical (unpaired) electrons. The summed E-state index contributed by atoms with van der Waals surface area (Å²) in [6, 6.07) is 19.0. The van der Waals surface area contributed by atoms with Crippen molar-refractivity contribution in [2.45, 2.75) is 20.8 Å². The van der Waals surface area contributed by atoms with Crippen molar-refractivity contribution in [1.29, 1.82) is 0 Å². The molecule has 0 heterocycles. The molecule has 3 rings (SSSR count). The van der Waals surface area contributed by atoms with Gasteiger partial charge in [0.2, 0.25) is 0 Å². The van der Waals surface area contributed by atoms with Crippen molar-refractivity contribution in [1.82, 2.24) is 0 Å². The van der Waals surface area contributed by atoms with Gasteiger partial charge in [0.05, 0.1) is 11.1 Å². The topological polar surface area (TPSA) is 52.6 Å². The molecule has 0 aliphatic heterocycles. The van der Waals surface area contributed by atoms with Crippen LogP contribution in [0.4, 0.5) is 0 Å². The van der Waals surface area contributed by atoms with Crippen molar-refractivity contribution in [3.05, 3.63) is 94.5 Å². The molecule has 0 atom stereocenters. The highest BCUT2D eigenvalue weighted by Crippen LogP contribution is 2.25. The summed E-state index contributed by atoms with van der Waals surface area (Å²) in [6.07, 6.45) is 0. The van der Waals surface area contributed by atoms with Crippen molar-refractivity contribution >= 4 is 11.9 Å². The number of para-hydroxylation sites is 1. The Morgan fingerprint density at radius 3 is 1.81 bits per heavy atom. The molecule has 3 aromatic rings. The van der Waals surface area contributed by atoms with Crippen molar-refractivity contribution in [3.8, 4) is 11.5 Å². The average Bonchev–Trinajstić information content (AvgIpc) is 2.65. The number of esters is 2. The van der Waals surface area contributed by atoms with Crippen LogP contribution in [-0.2, 0) is 0 Å². The lowest BCUT2D eigenvalue weighted by Gasteiger charge is -2.12. The van der Waals surface area contributed by atoms with E-state index in [0.717, 1.165) is 16.7 Å². The smallest absolute Gasteiger partial charge is 0.343 e. The molecule has 136 valence electrons. The van der Waals surface area contributed by atoms with Crippen LogP contribution in [0.25, 0.3) is 0 Å². The van der Waals surface area contributed by atoms with Crippen LogP contribution in [0.1, 0.15) is 37.4 Å². The minimum absolute atomic E-state index is 0.283. The van der Waals surface area contributed by atoms with E-state index >= 15 is 0 Å². The Labute approximate surface area is 158 Å². The summed E-state index contributed by atoms with van der Waals surface area (Å²) >= 11 is 0. The van der Waals surface area contributed by atoms with Gasteiger partial charge in [-0.1, -0.05) is 42.0 Å². The third-order valence-corrected chi connectivity index (χ3v) is 4.09. The van der Waals surface area contributed by atoms with Gasteiger partial charge in [0, 0.05) is 0 Å². The van der Waals surface area contributed by atoms with Crippen molar-refractivity contribution in [3.63, 3.8) is 0 Å². The number of carbonyl (C=O) groups is 2. The number of benzene rings is 3. The molecule has 0 aliphatic rings. The predicted octanol–water partition coefficient (Wildman–Crippen LogP) is 5.05. The maximum Gasteiger partial charge on any atom is 0.343 e. The molecule has 4 nitrogen and oxygen atoms in total. The first-order valence-electron chi connectivity index (χ1n) is 8.61. The van der Waals surface area contributed by atoms with E-state index in [2.05, 4.69) is 0 Å². The van der Waals surface area contributed by atoms with Gasteiger partial charge in [-0.2, -0.15) is 0 Å². The Bertz CT molecular complexity index is 967. The second kappa shape index (κ2) is 7.87. The van der Waals surface area contributed by atoms with Crippen LogP contribution in [0.3, 0.4) is 0 Å². The van der Waals surface area contributed by atoms with Crippen LogP contribution >= 0.6 is 0 Å². The molecule has 0 spiro atoms. The molecular weight excluding hydrogens is 340 g/mol. The molecule has 0 saturated heterocycles. The van der Waals surface area contributed by atoms with E-state index in [9.17, 15) is 9.59 Å². The van der Waals surface area contributed by atoms with Gasteiger partial charge in [-0.05, 0) is 62.2 Å². The van der Waals surface area contributed by atoms with E-state index in [1.165, 1.54) is 6.07 Å². The number of ether oxygens (including phenoxy) is 2. The minimum Gasteiger partial charge on any atom is -0.423 e.